The Balaban J connectivity index is 1.15. The van der Waals surface area contributed by atoms with Gasteiger partial charge in [-0.15, -0.1) is 11.3 Å². The Hall–Kier alpha value is -6.10. The summed E-state index contributed by atoms with van der Waals surface area (Å²) in [6.07, 6.45) is 6.34. The average Bonchev–Trinajstić information content (AvgIpc) is 3.74. The van der Waals surface area contributed by atoms with E-state index in [4.69, 9.17) is 9.97 Å². The van der Waals surface area contributed by atoms with Crippen molar-refractivity contribution in [2.24, 2.45) is 0 Å². The van der Waals surface area contributed by atoms with E-state index in [1.807, 2.05) is 23.5 Å². The minimum Gasteiger partial charge on any atom is -0.309 e. The molecule has 0 bridgehead atoms. The summed E-state index contributed by atoms with van der Waals surface area (Å²) in [5, 5.41) is 5.17. The molecule has 0 fully saturated rings. The van der Waals surface area contributed by atoms with Crippen molar-refractivity contribution in [1.29, 1.82) is 0 Å². The van der Waals surface area contributed by atoms with Gasteiger partial charge in [-0.05, 0) is 65.9 Å². The number of hydrogen-bond donors (Lipinski definition) is 0. The van der Waals surface area contributed by atoms with Crippen molar-refractivity contribution in [2.75, 3.05) is 0 Å². The highest BCUT2D eigenvalue weighted by molar-refractivity contribution is 7.26. The zero-order valence-electron chi connectivity index (χ0n) is 27.3. The Morgan fingerprint density at radius 3 is 1.64 bits per heavy atom. The molecular formula is C46H31N3S. The summed E-state index contributed by atoms with van der Waals surface area (Å²) in [6.45, 7) is 0. The maximum absolute atomic E-state index is 5.13. The first kappa shape index (κ1) is 28.9. The average molecular weight is 658 g/mol. The highest BCUT2D eigenvalue weighted by Crippen LogP contribution is 2.44. The van der Waals surface area contributed by atoms with Gasteiger partial charge in [-0.25, -0.2) is 9.97 Å². The topological polar surface area (TPSA) is 30.7 Å². The molecule has 0 atom stereocenters. The molecule has 10 rings (SSSR count). The fourth-order valence-corrected chi connectivity index (χ4v) is 8.77. The summed E-state index contributed by atoms with van der Waals surface area (Å²) < 4.78 is 5.10. The Kier molecular flexibility index (Phi) is 6.81. The number of allylic oxidation sites excluding steroid dienone is 4. The van der Waals surface area contributed by atoms with Crippen LogP contribution in [-0.2, 0) is 0 Å². The lowest BCUT2D eigenvalue weighted by atomic mass is 9.91. The lowest BCUT2D eigenvalue weighted by Gasteiger charge is -2.18. The van der Waals surface area contributed by atoms with Crippen LogP contribution in [-0.4, -0.2) is 14.5 Å². The van der Waals surface area contributed by atoms with Gasteiger partial charge in [0.1, 0.15) is 0 Å². The molecule has 0 unspecified atom stereocenters. The molecule has 0 spiro atoms. The largest absolute Gasteiger partial charge is 0.309 e. The van der Waals surface area contributed by atoms with Gasteiger partial charge in [0.2, 0.25) is 0 Å². The summed E-state index contributed by atoms with van der Waals surface area (Å²) in [5.74, 6) is 0.798. The molecule has 50 heavy (non-hydrogen) atoms. The van der Waals surface area contributed by atoms with Gasteiger partial charge in [0.15, 0.2) is 5.82 Å². The number of fused-ring (bicyclic) bond motifs is 6. The third-order valence-electron chi connectivity index (χ3n) is 9.95. The molecule has 0 saturated heterocycles. The van der Waals surface area contributed by atoms with Crippen molar-refractivity contribution >= 4 is 64.5 Å². The van der Waals surface area contributed by atoms with Crippen LogP contribution < -0.4 is 0 Å². The number of benzene rings is 6. The van der Waals surface area contributed by atoms with Crippen molar-refractivity contribution in [1.82, 2.24) is 14.5 Å². The van der Waals surface area contributed by atoms with Crippen LogP contribution >= 0.6 is 11.3 Å². The van der Waals surface area contributed by atoms with E-state index in [9.17, 15) is 0 Å². The summed E-state index contributed by atoms with van der Waals surface area (Å²) in [7, 11) is 0. The number of hydrogen-bond acceptors (Lipinski definition) is 3. The molecule has 3 heterocycles. The van der Waals surface area contributed by atoms with Gasteiger partial charge in [0.05, 0.1) is 22.4 Å². The zero-order valence-corrected chi connectivity index (χ0v) is 28.1. The molecule has 0 N–H and O–H groups in total. The van der Waals surface area contributed by atoms with Crippen molar-refractivity contribution in [3.8, 4) is 28.2 Å². The van der Waals surface area contributed by atoms with Crippen LogP contribution in [0.5, 0.6) is 0 Å². The Morgan fingerprint density at radius 1 is 0.480 bits per heavy atom. The van der Waals surface area contributed by atoms with Gasteiger partial charge in [0.25, 0.3) is 0 Å². The smallest absolute Gasteiger partial charge is 0.156 e. The number of rotatable bonds is 5. The molecule has 4 heteroatoms. The number of para-hydroxylation sites is 2. The Labute approximate surface area is 294 Å². The van der Waals surface area contributed by atoms with Gasteiger partial charge in [-0.1, -0.05) is 127 Å². The Bertz CT molecular complexity index is 2690. The fourth-order valence-electron chi connectivity index (χ4n) is 7.53. The first-order valence-electron chi connectivity index (χ1n) is 17.1. The van der Waals surface area contributed by atoms with E-state index in [1.54, 1.807) is 0 Å². The van der Waals surface area contributed by atoms with Crippen molar-refractivity contribution in [3.05, 3.63) is 175 Å². The molecule has 9 aromatic rings. The van der Waals surface area contributed by atoms with E-state index in [-0.39, 0.29) is 0 Å². The lowest BCUT2D eigenvalue weighted by Crippen LogP contribution is -2.02. The molecule has 0 amide bonds. The van der Waals surface area contributed by atoms with Crippen LogP contribution in [0.15, 0.2) is 164 Å². The van der Waals surface area contributed by atoms with Crippen LogP contribution in [0.4, 0.5) is 0 Å². The second-order valence-electron chi connectivity index (χ2n) is 12.9. The Morgan fingerprint density at radius 2 is 1.02 bits per heavy atom. The third-order valence-corrected chi connectivity index (χ3v) is 11.2. The summed E-state index contributed by atoms with van der Waals surface area (Å²) in [6, 6.07) is 54.1. The molecule has 0 radical (unpaired) electrons. The quantitative estimate of drug-likeness (QED) is 0.184. The van der Waals surface area contributed by atoms with Crippen molar-refractivity contribution in [3.63, 3.8) is 0 Å². The molecule has 3 nitrogen and oxygen atoms in total. The first-order chi connectivity index (χ1) is 24.8. The summed E-state index contributed by atoms with van der Waals surface area (Å²) in [4.78, 5) is 10.3. The van der Waals surface area contributed by atoms with Crippen LogP contribution in [0.1, 0.15) is 24.2 Å². The summed E-state index contributed by atoms with van der Waals surface area (Å²) >= 11 is 1.90. The van der Waals surface area contributed by atoms with E-state index in [0.717, 1.165) is 46.8 Å². The number of aromatic nitrogens is 3. The van der Waals surface area contributed by atoms with Crippen molar-refractivity contribution in [2.45, 2.75) is 12.8 Å². The predicted molar refractivity (Wildman–Crippen MR) is 212 cm³/mol. The van der Waals surface area contributed by atoms with E-state index < -0.39 is 0 Å². The van der Waals surface area contributed by atoms with Crippen molar-refractivity contribution < 1.29 is 0 Å². The maximum Gasteiger partial charge on any atom is 0.156 e. The first-order valence-corrected chi connectivity index (χ1v) is 17.9. The second kappa shape index (κ2) is 11.8. The highest BCUT2D eigenvalue weighted by atomic mass is 32.1. The molecule has 0 saturated carbocycles. The van der Waals surface area contributed by atoms with Gasteiger partial charge in [-0.2, -0.15) is 0 Å². The maximum atomic E-state index is 5.13. The van der Waals surface area contributed by atoms with E-state index in [0.29, 0.717) is 0 Å². The van der Waals surface area contributed by atoms with E-state index >= 15 is 0 Å². The minimum absolute atomic E-state index is 0.798. The predicted octanol–water partition coefficient (Wildman–Crippen LogP) is 12.5. The van der Waals surface area contributed by atoms with Gasteiger partial charge in [-0.3, -0.25) is 0 Å². The molecule has 1 aliphatic rings. The second-order valence-corrected chi connectivity index (χ2v) is 14.0. The van der Waals surface area contributed by atoms with E-state index in [2.05, 4.69) is 156 Å². The molecule has 0 aliphatic heterocycles. The van der Waals surface area contributed by atoms with Gasteiger partial charge in [0, 0.05) is 47.8 Å². The molecule has 236 valence electrons. The standard InChI is InChI=1S/C46H31N3S/c1-3-13-31(14-4-1)40-29-41(32-15-5-2-6-16-32)48-46(47-40)33-25-23-30(24-26-33)38-27-34(28-39-37-19-9-12-22-44(37)50-45(38)39)49-42-20-10-7-17-35(42)36-18-8-11-21-43(36)49/h1-23,25,27-29H,24,26H2. The zero-order chi connectivity index (χ0) is 33.0. The molecule has 6 aromatic carbocycles. The van der Waals surface area contributed by atoms with Gasteiger partial charge < -0.3 is 4.57 Å². The highest BCUT2D eigenvalue weighted by Gasteiger charge is 2.21. The summed E-state index contributed by atoms with van der Waals surface area (Å²) in [5.41, 5.74) is 11.5. The monoisotopic (exact) mass is 657 g/mol. The van der Waals surface area contributed by atoms with Crippen LogP contribution in [0.25, 0.3) is 81.3 Å². The normalized spacial score (nSPS) is 13.3. The number of thiophene rings is 1. The van der Waals surface area contributed by atoms with Crippen LogP contribution in [0.3, 0.4) is 0 Å². The van der Waals surface area contributed by atoms with Crippen LogP contribution in [0.2, 0.25) is 0 Å². The fraction of sp³-hybridized carbons (Fsp3) is 0.0435. The molecule has 1 aliphatic carbocycles. The van der Waals surface area contributed by atoms with Crippen LogP contribution in [0, 0.1) is 0 Å². The van der Waals surface area contributed by atoms with E-state index in [1.165, 1.54) is 58.8 Å². The lowest BCUT2D eigenvalue weighted by molar-refractivity contribution is 1.02. The molecular weight excluding hydrogens is 627 g/mol. The molecule has 3 aromatic heterocycles. The minimum atomic E-state index is 0.798. The SMILES string of the molecule is C1=C(c2nc(-c3ccccc3)cc(-c3ccccc3)n2)CCC(c2cc(-n3c4ccccc4c4ccccc43)cc3c2sc2ccccc23)=C1. The third kappa shape index (κ3) is 4.80. The number of nitrogens with zero attached hydrogens (tertiary/aromatic N) is 3. The van der Waals surface area contributed by atoms with Gasteiger partial charge >= 0.3 is 0 Å².